The first-order chi connectivity index (χ1) is 10.1. The van der Waals surface area contributed by atoms with Crippen molar-refractivity contribution in [2.24, 2.45) is 0 Å². The van der Waals surface area contributed by atoms with Crippen molar-refractivity contribution < 1.29 is 14.3 Å². The minimum absolute atomic E-state index is 0.316. The van der Waals surface area contributed by atoms with Gasteiger partial charge in [0.05, 0.1) is 24.9 Å². The lowest BCUT2D eigenvalue weighted by Crippen LogP contribution is -2.14. The molecule has 0 spiro atoms. The second-order valence-electron chi connectivity index (χ2n) is 4.23. The molecule has 0 aromatic heterocycles. The molecule has 2 aromatic rings. The van der Waals surface area contributed by atoms with Crippen LogP contribution >= 0.6 is 11.6 Å². The topological polar surface area (TPSA) is 73.6 Å². The third-order valence-electron chi connectivity index (χ3n) is 2.91. The Kier molecular flexibility index (Phi) is 4.55. The number of halogens is 1. The van der Waals surface area contributed by atoms with Crippen LogP contribution in [0.4, 0.5) is 11.4 Å². The number of hydrogen-bond acceptors (Lipinski definition) is 4. The number of amides is 1. The van der Waals surface area contributed by atoms with Crippen LogP contribution in [0.5, 0.6) is 11.5 Å². The number of carbonyl (C=O) groups is 1. The summed E-state index contributed by atoms with van der Waals surface area (Å²) in [5, 5.41) is 3.17. The van der Waals surface area contributed by atoms with Crippen LogP contribution in [0.2, 0.25) is 5.02 Å². The van der Waals surface area contributed by atoms with E-state index in [1.165, 1.54) is 14.2 Å². The van der Waals surface area contributed by atoms with Gasteiger partial charge in [-0.3, -0.25) is 4.79 Å². The summed E-state index contributed by atoms with van der Waals surface area (Å²) >= 11 is 5.85. The van der Waals surface area contributed by atoms with Crippen LogP contribution < -0.4 is 20.5 Å². The van der Waals surface area contributed by atoms with Gasteiger partial charge in [-0.2, -0.15) is 0 Å². The summed E-state index contributed by atoms with van der Waals surface area (Å²) in [4.78, 5) is 12.4. The van der Waals surface area contributed by atoms with Crippen LogP contribution in [-0.4, -0.2) is 20.1 Å². The maximum atomic E-state index is 12.4. The number of benzene rings is 2. The summed E-state index contributed by atoms with van der Waals surface area (Å²) < 4.78 is 10.4. The summed E-state index contributed by atoms with van der Waals surface area (Å²) in [6, 6.07) is 9.99. The van der Waals surface area contributed by atoms with E-state index in [-0.39, 0.29) is 5.91 Å². The standard InChI is InChI=1S/C15H15ClN2O3/c1-20-12-4-3-5-13(21-2)14(12)15(19)18-9-6-7-10(16)11(17)8-9/h3-8H,17H2,1-2H3,(H,18,19). The maximum absolute atomic E-state index is 12.4. The molecule has 0 saturated heterocycles. The summed E-state index contributed by atoms with van der Waals surface area (Å²) in [5.41, 5.74) is 6.96. The van der Waals surface area contributed by atoms with E-state index in [0.29, 0.717) is 33.5 Å². The minimum Gasteiger partial charge on any atom is -0.496 e. The van der Waals surface area contributed by atoms with Crippen molar-refractivity contribution >= 4 is 28.9 Å². The Balaban J connectivity index is 2.34. The zero-order valence-electron chi connectivity index (χ0n) is 11.6. The molecule has 21 heavy (non-hydrogen) atoms. The molecule has 0 fully saturated rings. The average molecular weight is 307 g/mol. The number of methoxy groups -OCH3 is 2. The number of ether oxygens (including phenoxy) is 2. The van der Waals surface area contributed by atoms with E-state index in [1.807, 2.05) is 0 Å². The monoisotopic (exact) mass is 306 g/mol. The number of nitrogen functional groups attached to an aromatic ring is 1. The Hall–Kier alpha value is -2.40. The molecule has 1 amide bonds. The fourth-order valence-electron chi connectivity index (χ4n) is 1.89. The molecule has 2 aromatic carbocycles. The van der Waals surface area contributed by atoms with Gasteiger partial charge in [0, 0.05) is 5.69 Å². The van der Waals surface area contributed by atoms with Crippen molar-refractivity contribution in [1.29, 1.82) is 0 Å². The molecular formula is C15H15ClN2O3. The van der Waals surface area contributed by atoms with Gasteiger partial charge in [0.15, 0.2) is 0 Å². The van der Waals surface area contributed by atoms with Crippen molar-refractivity contribution in [1.82, 2.24) is 0 Å². The van der Waals surface area contributed by atoms with Crippen molar-refractivity contribution in [2.75, 3.05) is 25.3 Å². The Bertz CT molecular complexity index is 652. The summed E-state index contributed by atoms with van der Waals surface area (Å²) in [7, 11) is 2.98. The highest BCUT2D eigenvalue weighted by Gasteiger charge is 2.18. The van der Waals surface area contributed by atoms with Gasteiger partial charge in [-0.1, -0.05) is 17.7 Å². The fourth-order valence-corrected chi connectivity index (χ4v) is 2.01. The normalized spacial score (nSPS) is 10.0. The lowest BCUT2D eigenvalue weighted by molar-refractivity contribution is 0.102. The van der Waals surface area contributed by atoms with Gasteiger partial charge in [0.1, 0.15) is 17.1 Å². The van der Waals surface area contributed by atoms with Gasteiger partial charge in [-0.15, -0.1) is 0 Å². The summed E-state index contributed by atoms with van der Waals surface area (Å²) in [5.74, 6) is 0.494. The SMILES string of the molecule is COc1cccc(OC)c1C(=O)Nc1ccc(Cl)c(N)c1. The Morgan fingerprint density at radius 3 is 2.29 bits per heavy atom. The van der Waals surface area contributed by atoms with Crippen molar-refractivity contribution in [3.8, 4) is 11.5 Å². The van der Waals surface area contributed by atoms with Crippen molar-refractivity contribution in [3.63, 3.8) is 0 Å². The van der Waals surface area contributed by atoms with E-state index < -0.39 is 0 Å². The van der Waals surface area contributed by atoms with Crippen LogP contribution in [0.15, 0.2) is 36.4 Å². The van der Waals surface area contributed by atoms with Crippen molar-refractivity contribution in [3.05, 3.63) is 47.0 Å². The molecule has 0 aliphatic carbocycles. The predicted octanol–water partition coefficient (Wildman–Crippen LogP) is 3.19. The number of anilines is 2. The zero-order chi connectivity index (χ0) is 15.4. The molecule has 0 aliphatic rings. The molecule has 0 aliphatic heterocycles. The number of nitrogens with two attached hydrogens (primary N) is 1. The molecular weight excluding hydrogens is 292 g/mol. The van der Waals surface area contributed by atoms with Crippen LogP contribution in [0.3, 0.4) is 0 Å². The third-order valence-corrected chi connectivity index (χ3v) is 3.25. The van der Waals surface area contributed by atoms with E-state index in [2.05, 4.69) is 5.32 Å². The van der Waals surface area contributed by atoms with E-state index in [0.717, 1.165) is 0 Å². The predicted molar refractivity (Wildman–Crippen MR) is 83.4 cm³/mol. The van der Waals surface area contributed by atoms with Crippen LogP contribution in [-0.2, 0) is 0 Å². The zero-order valence-corrected chi connectivity index (χ0v) is 12.4. The van der Waals surface area contributed by atoms with Gasteiger partial charge >= 0.3 is 0 Å². The van der Waals surface area contributed by atoms with Gasteiger partial charge in [0.2, 0.25) is 0 Å². The van der Waals surface area contributed by atoms with Gasteiger partial charge in [0.25, 0.3) is 5.91 Å². The highest BCUT2D eigenvalue weighted by Crippen LogP contribution is 2.29. The summed E-state index contributed by atoms with van der Waals surface area (Å²) in [6.07, 6.45) is 0. The molecule has 0 radical (unpaired) electrons. The maximum Gasteiger partial charge on any atom is 0.263 e. The third kappa shape index (κ3) is 3.20. The molecule has 2 rings (SSSR count). The largest absolute Gasteiger partial charge is 0.496 e. The Morgan fingerprint density at radius 2 is 1.76 bits per heavy atom. The highest BCUT2D eigenvalue weighted by atomic mass is 35.5. The first-order valence-corrected chi connectivity index (χ1v) is 6.52. The number of rotatable bonds is 4. The van der Waals surface area contributed by atoms with E-state index in [1.54, 1.807) is 36.4 Å². The second kappa shape index (κ2) is 6.37. The van der Waals surface area contributed by atoms with E-state index in [9.17, 15) is 4.79 Å². The Labute approximate surface area is 127 Å². The number of nitrogens with one attached hydrogen (secondary N) is 1. The van der Waals surface area contributed by atoms with E-state index in [4.69, 9.17) is 26.8 Å². The molecule has 0 saturated carbocycles. The fraction of sp³-hybridized carbons (Fsp3) is 0.133. The first kappa shape index (κ1) is 15.0. The molecule has 110 valence electrons. The van der Waals surface area contributed by atoms with Crippen LogP contribution in [0.1, 0.15) is 10.4 Å². The number of carbonyl (C=O) groups excluding carboxylic acids is 1. The van der Waals surface area contributed by atoms with Crippen LogP contribution in [0.25, 0.3) is 0 Å². The molecule has 0 bridgehead atoms. The Morgan fingerprint density at radius 1 is 1.14 bits per heavy atom. The van der Waals surface area contributed by atoms with Crippen LogP contribution in [0, 0.1) is 0 Å². The lowest BCUT2D eigenvalue weighted by atomic mass is 10.1. The quantitative estimate of drug-likeness (QED) is 0.851. The minimum atomic E-state index is -0.356. The second-order valence-corrected chi connectivity index (χ2v) is 4.64. The molecule has 0 unspecified atom stereocenters. The average Bonchev–Trinajstić information content (AvgIpc) is 2.49. The molecule has 3 N–H and O–H groups in total. The van der Waals surface area contributed by atoms with Gasteiger partial charge in [-0.05, 0) is 30.3 Å². The highest BCUT2D eigenvalue weighted by molar-refractivity contribution is 6.33. The smallest absolute Gasteiger partial charge is 0.263 e. The molecule has 6 heteroatoms. The summed E-state index contributed by atoms with van der Waals surface area (Å²) in [6.45, 7) is 0. The van der Waals surface area contributed by atoms with Crippen molar-refractivity contribution in [2.45, 2.75) is 0 Å². The molecule has 5 nitrogen and oxygen atoms in total. The molecule has 0 heterocycles. The molecule has 0 atom stereocenters. The van der Waals surface area contributed by atoms with E-state index >= 15 is 0 Å². The van der Waals surface area contributed by atoms with Gasteiger partial charge in [-0.25, -0.2) is 0 Å². The van der Waals surface area contributed by atoms with Gasteiger partial charge < -0.3 is 20.5 Å². The first-order valence-electron chi connectivity index (χ1n) is 6.14. The lowest BCUT2D eigenvalue weighted by Gasteiger charge is -2.13. The number of hydrogen-bond donors (Lipinski definition) is 2.